The molecule has 0 atom stereocenters. The summed E-state index contributed by atoms with van der Waals surface area (Å²) in [6.07, 6.45) is 3.00. The van der Waals surface area contributed by atoms with Gasteiger partial charge in [0.05, 0.1) is 6.61 Å². The number of amides is 1. The number of ether oxygens (including phenoxy) is 1. The first-order valence-electron chi connectivity index (χ1n) is 8.41. The molecule has 2 aromatic carbocycles. The molecular weight excluding hydrogens is 322 g/mol. The molecule has 0 heterocycles. The minimum atomic E-state index is 0.0709. The number of carbonyl (C=O) groups excluding carboxylic acids is 1. The van der Waals surface area contributed by atoms with E-state index in [0.29, 0.717) is 26.0 Å². The second-order valence-corrected chi connectivity index (χ2v) is 6.03. The average Bonchev–Trinajstić information content (AvgIpc) is 2.60. The van der Waals surface area contributed by atoms with Crippen molar-refractivity contribution in [3.63, 3.8) is 0 Å². The van der Waals surface area contributed by atoms with Crippen LogP contribution in [0.1, 0.15) is 30.9 Å². The third-order valence-electron chi connectivity index (χ3n) is 3.78. The van der Waals surface area contributed by atoms with Gasteiger partial charge in [-0.2, -0.15) is 0 Å². The highest BCUT2D eigenvalue weighted by atomic mass is 35.5. The number of carbonyl (C=O) groups is 1. The number of rotatable bonds is 9. The Hall–Kier alpha value is -2.00. The fourth-order valence-electron chi connectivity index (χ4n) is 2.48. The highest BCUT2D eigenvalue weighted by Gasteiger charge is 2.04. The van der Waals surface area contributed by atoms with Crippen LogP contribution in [-0.2, 0) is 17.6 Å². The van der Waals surface area contributed by atoms with Crippen LogP contribution in [0.4, 0.5) is 0 Å². The smallest absolute Gasteiger partial charge is 0.220 e. The maximum atomic E-state index is 11.9. The van der Waals surface area contributed by atoms with E-state index in [1.807, 2.05) is 43.3 Å². The first-order valence-corrected chi connectivity index (χ1v) is 8.78. The molecule has 4 heteroatoms. The van der Waals surface area contributed by atoms with Crippen molar-refractivity contribution < 1.29 is 9.53 Å². The molecule has 24 heavy (non-hydrogen) atoms. The summed E-state index contributed by atoms with van der Waals surface area (Å²) in [5.74, 6) is 0.968. The Morgan fingerprint density at radius 2 is 1.83 bits per heavy atom. The van der Waals surface area contributed by atoms with Crippen molar-refractivity contribution in [3.8, 4) is 5.75 Å². The number of halogens is 1. The Morgan fingerprint density at radius 1 is 1.08 bits per heavy atom. The summed E-state index contributed by atoms with van der Waals surface area (Å²) in [6, 6.07) is 15.8. The lowest BCUT2D eigenvalue weighted by Gasteiger charge is -2.07. The second kappa shape index (κ2) is 9.99. The van der Waals surface area contributed by atoms with Crippen LogP contribution in [0.5, 0.6) is 5.75 Å². The van der Waals surface area contributed by atoms with E-state index >= 15 is 0 Å². The van der Waals surface area contributed by atoms with Gasteiger partial charge in [-0.1, -0.05) is 41.9 Å². The lowest BCUT2D eigenvalue weighted by molar-refractivity contribution is -0.121. The molecule has 0 aliphatic carbocycles. The van der Waals surface area contributed by atoms with Gasteiger partial charge in [-0.05, 0) is 55.5 Å². The fraction of sp³-hybridized carbons (Fsp3) is 0.350. The normalized spacial score (nSPS) is 10.4. The van der Waals surface area contributed by atoms with Crippen molar-refractivity contribution >= 4 is 17.5 Å². The van der Waals surface area contributed by atoms with Gasteiger partial charge in [-0.15, -0.1) is 0 Å². The SMILES string of the molecule is CCOc1ccc(CCCNC(=O)CCc2ccccc2Cl)cc1. The van der Waals surface area contributed by atoms with Crippen LogP contribution >= 0.6 is 11.6 Å². The van der Waals surface area contributed by atoms with Crippen molar-refractivity contribution in [2.24, 2.45) is 0 Å². The van der Waals surface area contributed by atoms with E-state index in [9.17, 15) is 4.79 Å². The highest BCUT2D eigenvalue weighted by Crippen LogP contribution is 2.16. The van der Waals surface area contributed by atoms with Gasteiger partial charge in [0.1, 0.15) is 5.75 Å². The van der Waals surface area contributed by atoms with Gasteiger partial charge in [0.25, 0.3) is 0 Å². The molecule has 0 saturated heterocycles. The predicted octanol–water partition coefficient (Wildman–Crippen LogP) is 4.42. The van der Waals surface area contributed by atoms with Crippen molar-refractivity contribution in [3.05, 3.63) is 64.7 Å². The summed E-state index contributed by atoms with van der Waals surface area (Å²) in [7, 11) is 0. The predicted molar refractivity (Wildman–Crippen MR) is 98.7 cm³/mol. The molecule has 2 aromatic rings. The van der Waals surface area contributed by atoms with E-state index in [2.05, 4.69) is 17.4 Å². The Bertz CT molecular complexity index is 640. The second-order valence-electron chi connectivity index (χ2n) is 5.62. The summed E-state index contributed by atoms with van der Waals surface area (Å²) < 4.78 is 5.42. The standard InChI is InChI=1S/C20H24ClNO2/c1-2-24-18-12-9-16(10-13-18)6-5-15-22-20(23)14-11-17-7-3-4-8-19(17)21/h3-4,7-10,12-13H,2,5-6,11,14-15H2,1H3,(H,22,23). The number of benzene rings is 2. The Labute approximate surface area is 149 Å². The van der Waals surface area contributed by atoms with Crippen LogP contribution in [0, 0.1) is 0 Å². The highest BCUT2D eigenvalue weighted by molar-refractivity contribution is 6.31. The molecule has 0 radical (unpaired) electrons. The topological polar surface area (TPSA) is 38.3 Å². The van der Waals surface area contributed by atoms with Crippen molar-refractivity contribution in [1.82, 2.24) is 5.32 Å². The van der Waals surface area contributed by atoms with E-state index in [1.165, 1.54) is 5.56 Å². The van der Waals surface area contributed by atoms with Crippen LogP contribution in [-0.4, -0.2) is 19.1 Å². The van der Waals surface area contributed by atoms with E-state index in [1.54, 1.807) is 0 Å². The van der Waals surface area contributed by atoms with Gasteiger partial charge in [0, 0.05) is 18.0 Å². The number of hydrogen-bond acceptors (Lipinski definition) is 2. The maximum Gasteiger partial charge on any atom is 0.220 e. The van der Waals surface area contributed by atoms with E-state index < -0.39 is 0 Å². The van der Waals surface area contributed by atoms with Crippen LogP contribution in [0.3, 0.4) is 0 Å². The van der Waals surface area contributed by atoms with Crippen LogP contribution in [0.2, 0.25) is 5.02 Å². The lowest BCUT2D eigenvalue weighted by atomic mass is 10.1. The van der Waals surface area contributed by atoms with E-state index in [-0.39, 0.29) is 5.91 Å². The Kier molecular flexibility index (Phi) is 7.63. The fourth-order valence-corrected chi connectivity index (χ4v) is 2.71. The molecule has 3 nitrogen and oxygen atoms in total. The van der Waals surface area contributed by atoms with Gasteiger partial charge in [0.2, 0.25) is 5.91 Å². The molecule has 0 bridgehead atoms. The van der Waals surface area contributed by atoms with E-state index in [0.717, 1.165) is 29.2 Å². The number of hydrogen-bond donors (Lipinski definition) is 1. The molecule has 0 aliphatic rings. The van der Waals surface area contributed by atoms with Gasteiger partial charge >= 0.3 is 0 Å². The minimum Gasteiger partial charge on any atom is -0.494 e. The van der Waals surface area contributed by atoms with Gasteiger partial charge in [-0.25, -0.2) is 0 Å². The molecule has 2 rings (SSSR count). The van der Waals surface area contributed by atoms with E-state index in [4.69, 9.17) is 16.3 Å². The quantitative estimate of drug-likeness (QED) is 0.683. The van der Waals surface area contributed by atoms with Gasteiger partial charge < -0.3 is 10.1 Å². The molecule has 0 fully saturated rings. The largest absolute Gasteiger partial charge is 0.494 e. The molecular formula is C20H24ClNO2. The van der Waals surface area contributed by atoms with Crippen molar-refractivity contribution in [2.75, 3.05) is 13.2 Å². The van der Waals surface area contributed by atoms with Crippen LogP contribution < -0.4 is 10.1 Å². The Morgan fingerprint density at radius 3 is 2.54 bits per heavy atom. The molecule has 0 aliphatic heterocycles. The third-order valence-corrected chi connectivity index (χ3v) is 4.15. The number of aryl methyl sites for hydroxylation is 2. The molecule has 1 N–H and O–H groups in total. The molecule has 0 saturated carbocycles. The summed E-state index contributed by atoms with van der Waals surface area (Å²) in [6.45, 7) is 3.34. The lowest BCUT2D eigenvalue weighted by Crippen LogP contribution is -2.25. The maximum absolute atomic E-state index is 11.9. The summed E-state index contributed by atoms with van der Waals surface area (Å²) >= 11 is 6.09. The van der Waals surface area contributed by atoms with Gasteiger partial charge in [0.15, 0.2) is 0 Å². The molecule has 0 spiro atoms. The third kappa shape index (κ3) is 6.25. The van der Waals surface area contributed by atoms with Crippen molar-refractivity contribution in [1.29, 1.82) is 0 Å². The first kappa shape index (κ1) is 18.3. The van der Waals surface area contributed by atoms with Crippen LogP contribution in [0.25, 0.3) is 0 Å². The molecule has 0 unspecified atom stereocenters. The van der Waals surface area contributed by atoms with Crippen LogP contribution in [0.15, 0.2) is 48.5 Å². The minimum absolute atomic E-state index is 0.0709. The zero-order valence-electron chi connectivity index (χ0n) is 14.1. The van der Waals surface area contributed by atoms with Crippen molar-refractivity contribution in [2.45, 2.75) is 32.6 Å². The average molecular weight is 346 g/mol. The summed E-state index contributed by atoms with van der Waals surface area (Å²) in [4.78, 5) is 11.9. The summed E-state index contributed by atoms with van der Waals surface area (Å²) in [5, 5.41) is 3.69. The zero-order chi connectivity index (χ0) is 17.2. The molecule has 0 aromatic heterocycles. The number of nitrogens with one attached hydrogen (secondary N) is 1. The first-order chi connectivity index (χ1) is 11.7. The molecule has 1 amide bonds. The Balaban J connectivity index is 1.63. The monoisotopic (exact) mass is 345 g/mol. The molecule has 128 valence electrons. The summed E-state index contributed by atoms with van der Waals surface area (Å²) in [5.41, 5.74) is 2.27. The zero-order valence-corrected chi connectivity index (χ0v) is 14.8. The van der Waals surface area contributed by atoms with Gasteiger partial charge in [-0.3, -0.25) is 4.79 Å².